The first-order valence-electron chi connectivity index (χ1n) is 6.57. The van der Waals surface area contributed by atoms with E-state index in [1.807, 2.05) is 17.0 Å². The fraction of sp³-hybridized carbons (Fsp3) is 0.462. The van der Waals surface area contributed by atoms with Crippen molar-refractivity contribution in [2.24, 2.45) is 0 Å². The molecule has 1 fully saturated rings. The number of nitrogens with zero attached hydrogens (tertiary/aromatic N) is 3. The van der Waals surface area contributed by atoms with E-state index in [2.05, 4.69) is 9.97 Å². The van der Waals surface area contributed by atoms with E-state index < -0.39 is 0 Å². The third kappa shape index (κ3) is 2.40. The van der Waals surface area contributed by atoms with Gasteiger partial charge >= 0.3 is 0 Å². The molecule has 0 spiro atoms. The largest absolute Gasteiger partial charge is 0.341 e. The normalized spacial score (nSPS) is 15.9. The molecule has 0 aliphatic carbocycles. The number of aromatic amines is 1. The van der Waals surface area contributed by atoms with Gasteiger partial charge in [-0.1, -0.05) is 0 Å². The molecule has 19 heavy (non-hydrogen) atoms. The lowest BCUT2D eigenvalue weighted by atomic mass is 10.1. The number of rotatable bonds is 2. The van der Waals surface area contributed by atoms with Crippen LogP contribution in [-0.2, 0) is 11.3 Å². The van der Waals surface area contributed by atoms with Gasteiger partial charge in [-0.3, -0.25) is 9.36 Å². The minimum atomic E-state index is 0.127. The zero-order valence-corrected chi connectivity index (χ0v) is 11.4. The van der Waals surface area contributed by atoms with Gasteiger partial charge in [0.15, 0.2) is 10.4 Å². The number of carbonyl (C=O) groups excluding carboxylic acids is 1. The number of piperidine rings is 1. The molecular weight excluding hydrogens is 260 g/mol. The summed E-state index contributed by atoms with van der Waals surface area (Å²) in [5.41, 5.74) is 1.62. The molecule has 0 saturated carbocycles. The highest BCUT2D eigenvalue weighted by molar-refractivity contribution is 7.71. The molecule has 3 heterocycles. The number of hydrogen-bond donors (Lipinski definition) is 1. The molecule has 0 bridgehead atoms. The van der Waals surface area contributed by atoms with Crippen molar-refractivity contribution in [3.05, 3.63) is 23.1 Å². The highest BCUT2D eigenvalue weighted by atomic mass is 32.1. The summed E-state index contributed by atoms with van der Waals surface area (Å²) in [6.45, 7) is 2.00. The Morgan fingerprint density at radius 2 is 2.16 bits per heavy atom. The summed E-state index contributed by atoms with van der Waals surface area (Å²) in [5, 5.41) is 0. The molecule has 0 radical (unpaired) electrons. The lowest BCUT2D eigenvalue weighted by Gasteiger charge is -2.26. The maximum atomic E-state index is 12.3. The van der Waals surface area contributed by atoms with Gasteiger partial charge in [0.25, 0.3) is 0 Å². The van der Waals surface area contributed by atoms with Crippen LogP contribution < -0.4 is 0 Å². The number of aromatic nitrogens is 3. The van der Waals surface area contributed by atoms with Crippen LogP contribution in [0.2, 0.25) is 0 Å². The molecule has 1 aliphatic rings. The highest BCUT2D eigenvalue weighted by Crippen LogP contribution is 2.13. The Hall–Kier alpha value is -1.69. The summed E-state index contributed by atoms with van der Waals surface area (Å²) in [6, 6.07) is 3.77. The molecule has 100 valence electrons. The second-order valence-electron chi connectivity index (χ2n) is 4.83. The first-order chi connectivity index (χ1) is 9.25. The minimum absolute atomic E-state index is 0.127. The van der Waals surface area contributed by atoms with Crippen LogP contribution in [0.15, 0.2) is 18.3 Å². The van der Waals surface area contributed by atoms with Crippen molar-refractivity contribution < 1.29 is 4.79 Å². The van der Waals surface area contributed by atoms with Crippen LogP contribution in [0, 0.1) is 4.77 Å². The van der Waals surface area contributed by atoms with Crippen molar-refractivity contribution in [3.8, 4) is 0 Å². The molecule has 1 saturated heterocycles. The van der Waals surface area contributed by atoms with Crippen LogP contribution in [0.3, 0.4) is 0 Å². The zero-order chi connectivity index (χ0) is 13.2. The number of fused-ring (bicyclic) bond motifs is 1. The quantitative estimate of drug-likeness (QED) is 0.855. The van der Waals surface area contributed by atoms with E-state index in [1.54, 1.807) is 10.8 Å². The zero-order valence-electron chi connectivity index (χ0n) is 10.6. The number of nitrogens with one attached hydrogen (secondary N) is 1. The Labute approximate surface area is 116 Å². The van der Waals surface area contributed by atoms with Gasteiger partial charge in [-0.15, -0.1) is 0 Å². The molecule has 2 aromatic heterocycles. The number of carbonyl (C=O) groups is 1. The maximum absolute atomic E-state index is 12.3. The lowest BCUT2D eigenvalue weighted by Crippen LogP contribution is -2.37. The number of pyridine rings is 1. The first-order valence-corrected chi connectivity index (χ1v) is 6.98. The van der Waals surface area contributed by atoms with Gasteiger partial charge in [-0.2, -0.15) is 0 Å². The molecule has 1 N–H and O–H groups in total. The van der Waals surface area contributed by atoms with E-state index in [1.165, 1.54) is 6.42 Å². The number of hydrogen-bond acceptors (Lipinski definition) is 3. The standard InChI is InChI=1S/C13H16N4OS/c18-11(16-7-2-1-3-8-16)9-17-12-10(15-13(17)19)5-4-6-14-12/h4-6H,1-3,7-9H2,(H,15,19). The van der Waals surface area contributed by atoms with Crippen molar-refractivity contribution in [2.75, 3.05) is 13.1 Å². The van der Waals surface area contributed by atoms with E-state index >= 15 is 0 Å². The van der Waals surface area contributed by atoms with Gasteiger partial charge in [-0.25, -0.2) is 4.98 Å². The van der Waals surface area contributed by atoms with E-state index in [-0.39, 0.29) is 12.5 Å². The first kappa shape index (κ1) is 12.3. The summed E-state index contributed by atoms with van der Waals surface area (Å²) in [6.07, 6.45) is 5.14. The van der Waals surface area contributed by atoms with Gasteiger partial charge < -0.3 is 9.88 Å². The molecule has 3 rings (SSSR count). The van der Waals surface area contributed by atoms with Crippen LogP contribution in [0.25, 0.3) is 11.2 Å². The van der Waals surface area contributed by atoms with Gasteiger partial charge in [0.1, 0.15) is 6.54 Å². The summed E-state index contributed by atoms with van der Waals surface area (Å²) in [5.74, 6) is 0.127. The number of amides is 1. The summed E-state index contributed by atoms with van der Waals surface area (Å²) in [4.78, 5) is 21.6. The molecule has 1 amide bonds. The molecular formula is C13H16N4OS. The van der Waals surface area contributed by atoms with Crippen molar-refractivity contribution >= 4 is 29.3 Å². The van der Waals surface area contributed by atoms with Gasteiger partial charge in [0.2, 0.25) is 5.91 Å². The fourth-order valence-electron chi connectivity index (χ4n) is 2.51. The van der Waals surface area contributed by atoms with Crippen LogP contribution in [0.1, 0.15) is 19.3 Å². The van der Waals surface area contributed by atoms with E-state index in [0.29, 0.717) is 4.77 Å². The molecule has 1 aliphatic heterocycles. The summed E-state index contributed by atoms with van der Waals surface area (Å²) < 4.78 is 2.33. The second kappa shape index (κ2) is 5.13. The molecule has 5 nitrogen and oxygen atoms in total. The Morgan fingerprint density at radius 3 is 2.95 bits per heavy atom. The van der Waals surface area contributed by atoms with E-state index in [9.17, 15) is 4.79 Å². The molecule has 2 aromatic rings. The van der Waals surface area contributed by atoms with Gasteiger partial charge in [0.05, 0.1) is 5.52 Å². The second-order valence-corrected chi connectivity index (χ2v) is 5.22. The Bertz CT molecular complexity index is 654. The Morgan fingerprint density at radius 1 is 1.37 bits per heavy atom. The van der Waals surface area contributed by atoms with Crippen molar-refractivity contribution in [2.45, 2.75) is 25.8 Å². The average Bonchev–Trinajstić information content (AvgIpc) is 2.76. The van der Waals surface area contributed by atoms with Crippen LogP contribution in [0.4, 0.5) is 0 Å². The molecule has 0 atom stereocenters. The van der Waals surface area contributed by atoms with Crippen LogP contribution in [0.5, 0.6) is 0 Å². The Balaban J connectivity index is 1.86. The molecule has 6 heteroatoms. The van der Waals surface area contributed by atoms with Gasteiger partial charge in [0, 0.05) is 19.3 Å². The van der Waals surface area contributed by atoms with Crippen molar-refractivity contribution in [1.29, 1.82) is 0 Å². The van der Waals surface area contributed by atoms with E-state index in [4.69, 9.17) is 12.2 Å². The van der Waals surface area contributed by atoms with Crippen molar-refractivity contribution in [1.82, 2.24) is 19.4 Å². The lowest BCUT2D eigenvalue weighted by molar-refractivity contribution is -0.132. The van der Waals surface area contributed by atoms with Crippen LogP contribution >= 0.6 is 12.2 Å². The number of H-pyrrole nitrogens is 1. The number of imidazole rings is 1. The highest BCUT2D eigenvalue weighted by Gasteiger charge is 2.18. The molecule has 0 aromatic carbocycles. The third-order valence-electron chi connectivity index (χ3n) is 3.53. The predicted octanol–water partition coefficient (Wildman–Crippen LogP) is 2.11. The summed E-state index contributed by atoms with van der Waals surface area (Å²) in [7, 11) is 0. The smallest absolute Gasteiger partial charge is 0.242 e. The van der Waals surface area contributed by atoms with E-state index in [0.717, 1.165) is 37.1 Å². The average molecular weight is 276 g/mol. The monoisotopic (exact) mass is 276 g/mol. The Kier molecular flexibility index (Phi) is 3.33. The SMILES string of the molecule is O=C(Cn1c(=S)[nH]c2cccnc21)N1CCCCC1. The summed E-state index contributed by atoms with van der Waals surface area (Å²) >= 11 is 5.27. The van der Waals surface area contributed by atoms with Crippen LogP contribution in [-0.4, -0.2) is 38.4 Å². The fourth-order valence-corrected chi connectivity index (χ4v) is 2.77. The minimum Gasteiger partial charge on any atom is -0.341 e. The molecule has 0 unspecified atom stereocenters. The third-order valence-corrected chi connectivity index (χ3v) is 3.85. The maximum Gasteiger partial charge on any atom is 0.242 e. The number of likely N-dealkylation sites (tertiary alicyclic amines) is 1. The van der Waals surface area contributed by atoms with Gasteiger partial charge in [-0.05, 0) is 43.6 Å². The predicted molar refractivity (Wildman–Crippen MR) is 75.3 cm³/mol. The van der Waals surface area contributed by atoms with Crippen molar-refractivity contribution in [3.63, 3.8) is 0 Å². The topological polar surface area (TPSA) is 53.9 Å².